The smallest absolute Gasteiger partial charge is 0.410 e. The summed E-state index contributed by atoms with van der Waals surface area (Å²) in [6.07, 6.45) is 2.59. The van der Waals surface area contributed by atoms with Gasteiger partial charge in [0, 0.05) is 19.0 Å². The highest BCUT2D eigenvalue weighted by molar-refractivity contribution is 5.69. The van der Waals surface area contributed by atoms with E-state index in [1.54, 1.807) is 0 Å². The van der Waals surface area contributed by atoms with Crippen molar-refractivity contribution in [2.45, 2.75) is 76.2 Å². The van der Waals surface area contributed by atoms with Crippen LogP contribution < -0.4 is 5.32 Å². The second-order valence-corrected chi connectivity index (χ2v) is 10.6. The number of carbonyl (C=O) groups excluding carboxylic acids is 2. The Labute approximate surface area is 205 Å². The van der Waals surface area contributed by atoms with E-state index in [9.17, 15) is 14.7 Å². The van der Waals surface area contributed by atoms with Crippen molar-refractivity contribution in [3.8, 4) is 0 Å². The van der Waals surface area contributed by atoms with Crippen LogP contribution in [0.1, 0.15) is 69.6 Å². The third-order valence-corrected chi connectivity index (χ3v) is 6.45. The molecule has 1 aliphatic carbocycles. The van der Waals surface area contributed by atoms with Crippen LogP contribution in [0.2, 0.25) is 0 Å². The molecule has 4 rings (SSSR count). The van der Waals surface area contributed by atoms with Crippen LogP contribution in [-0.2, 0) is 28.7 Å². The number of hydrogen-bond acceptors (Lipinski definition) is 7. The summed E-state index contributed by atoms with van der Waals surface area (Å²) in [4.78, 5) is 26.0. The molecule has 0 radical (unpaired) electrons. The molecule has 1 aromatic carbocycles. The molecule has 1 aromatic heterocycles. The number of amides is 2. The maximum absolute atomic E-state index is 12.4. The van der Waals surface area contributed by atoms with Crippen LogP contribution >= 0.6 is 0 Å². The second-order valence-electron chi connectivity index (χ2n) is 10.6. The second kappa shape index (κ2) is 9.85. The van der Waals surface area contributed by atoms with Crippen molar-refractivity contribution >= 4 is 12.2 Å². The minimum absolute atomic E-state index is 0.00887. The van der Waals surface area contributed by atoms with E-state index in [0.29, 0.717) is 5.82 Å². The summed E-state index contributed by atoms with van der Waals surface area (Å²) in [6, 6.07) is 9.45. The molecule has 0 spiro atoms. The van der Waals surface area contributed by atoms with Gasteiger partial charge in [0.15, 0.2) is 11.4 Å². The highest BCUT2D eigenvalue weighted by atomic mass is 16.6. The highest BCUT2D eigenvalue weighted by Crippen LogP contribution is 2.36. The van der Waals surface area contributed by atoms with Crippen molar-refractivity contribution in [3.05, 3.63) is 47.5 Å². The summed E-state index contributed by atoms with van der Waals surface area (Å²) in [5.74, 6) is 1.31. The Hall–Kier alpha value is -3.14. The lowest BCUT2D eigenvalue weighted by molar-refractivity contribution is -0.102. The van der Waals surface area contributed by atoms with Crippen LogP contribution in [0.25, 0.3) is 0 Å². The molecule has 1 saturated carbocycles. The molecule has 0 bridgehead atoms. The number of alkyl carbamates (subject to hydrolysis) is 1. The average Bonchev–Trinajstić information content (AvgIpc) is 3.16. The largest absolute Gasteiger partial charge is 0.445 e. The van der Waals surface area contributed by atoms with Gasteiger partial charge in [-0.2, -0.15) is 0 Å². The third kappa shape index (κ3) is 5.93. The van der Waals surface area contributed by atoms with Crippen LogP contribution in [0.5, 0.6) is 0 Å². The zero-order valence-corrected chi connectivity index (χ0v) is 20.9. The molecular formula is C25H35N5O5. The van der Waals surface area contributed by atoms with Gasteiger partial charge in [0.2, 0.25) is 0 Å². The van der Waals surface area contributed by atoms with Gasteiger partial charge in [0.1, 0.15) is 18.0 Å². The molecule has 2 fully saturated rings. The van der Waals surface area contributed by atoms with Gasteiger partial charge in [-0.05, 0) is 45.6 Å². The van der Waals surface area contributed by atoms with Gasteiger partial charge in [-0.1, -0.05) is 36.8 Å². The lowest BCUT2D eigenvalue weighted by Crippen LogP contribution is -2.62. The SMILES string of the molecule is Cn1c([C@H]2CCC[C@@H](NC(=O)OC(C)(C)C)C2)nnc1C1(O)CN(C(=O)OCc2ccccc2)C1. The van der Waals surface area contributed by atoms with Gasteiger partial charge in [0.05, 0.1) is 13.1 Å². The Balaban J connectivity index is 1.33. The monoisotopic (exact) mass is 485 g/mol. The number of hydrogen-bond donors (Lipinski definition) is 2. The number of aliphatic hydroxyl groups is 1. The van der Waals surface area contributed by atoms with Gasteiger partial charge >= 0.3 is 12.2 Å². The Morgan fingerprint density at radius 1 is 1.17 bits per heavy atom. The molecule has 1 aliphatic heterocycles. The molecule has 10 heteroatoms. The van der Waals surface area contributed by atoms with E-state index in [-0.39, 0.29) is 31.7 Å². The van der Waals surface area contributed by atoms with Crippen molar-refractivity contribution in [1.82, 2.24) is 25.0 Å². The topological polar surface area (TPSA) is 119 Å². The number of carbonyl (C=O) groups is 2. The number of nitrogens with zero attached hydrogens (tertiary/aromatic N) is 4. The van der Waals surface area contributed by atoms with Crippen molar-refractivity contribution < 1.29 is 24.2 Å². The first-order valence-corrected chi connectivity index (χ1v) is 12.1. The molecule has 0 unspecified atom stereocenters. The van der Waals surface area contributed by atoms with E-state index in [4.69, 9.17) is 9.47 Å². The number of aromatic nitrogens is 3. The maximum atomic E-state index is 12.4. The quantitative estimate of drug-likeness (QED) is 0.667. The number of likely N-dealkylation sites (tertiary alicyclic amines) is 1. The van der Waals surface area contributed by atoms with E-state index in [1.165, 1.54) is 4.90 Å². The molecule has 2 amide bonds. The molecule has 35 heavy (non-hydrogen) atoms. The number of β-amino-alcohol motifs (C(OH)–C–C–N with tert-alkyl or cyclic N) is 1. The summed E-state index contributed by atoms with van der Waals surface area (Å²) in [5.41, 5.74) is -0.910. The van der Waals surface area contributed by atoms with Crippen molar-refractivity contribution in [3.63, 3.8) is 0 Å². The average molecular weight is 486 g/mol. The third-order valence-electron chi connectivity index (χ3n) is 6.45. The van der Waals surface area contributed by atoms with Gasteiger partial charge < -0.3 is 29.4 Å². The fourth-order valence-corrected chi connectivity index (χ4v) is 4.80. The predicted molar refractivity (Wildman–Crippen MR) is 127 cm³/mol. The molecule has 190 valence electrons. The zero-order chi connectivity index (χ0) is 25.2. The van der Waals surface area contributed by atoms with E-state index in [1.807, 2.05) is 62.7 Å². The minimum atomic E-state index is -1.27. The van der Waals surface area contributed by atoms with Crippen molar-refractivity contribution in [1.29, 1.82) is 0 Å². The summed E-state index contributed by atoms with van der Waals surface area (Å²) >= 11 is 0. The first-order chi connectivity index (χ1) is 16.5. The Bertz CT molecular complexity index is 1040. The molecule has 2 aliphatic rings. The summed E-state index contributed by atoms with van der Waals surface area (Å²) in [5, 5.41) is 22.7. The molecule has 2 N–H and O–H groups in total. The molecule has 10 nitrogen and oxygen atoms in total. The highest BCUT2D eigenvalue weighted by Gasteiger charge is 2.49. The summed E-state index contributed by atoms with van der Waals surface area (Å²) in [7, 11) is 1.84. The Morgan fingerprint density at radius 3 is 2.57 bits per heavy atom. The van der Waals surface area contributed by atoms with E-state index < -0.39 is 23.4 Å². The van der Waals surface area contributed by atoms with Crippen molar-refractivity contribution in [2.24, 2.45) is 7.05 Å². The minimum Gasteiger partial charge on any atom is -0.445 e. The molecular weight excluding hydrogens is 450 g/mol. The number of ether oxygens (including phenoxy) is 2. The number of nitrogens with one attached hydrogen (secondary N) is 1. The van der Waals surface area contributed by atoms with Crippen LogP contribution in [0.15, 0.2) is 30.3 Å². The lowest BCUT2D eigenvalue weighted by atomic mass is 9.85. The van der Waals surface area contributed by atoms with Gasteiger partial charge in [-0.3, -0.25) is 0 Å². The number of rotatable bonds is 5. The predicted octanol–water partition coefficient (Wildman–Crippen LogP) is 3.21. The summed E-state index contributed by atoms with van der Waals surface area (Å²) in [6.45, 7) is 5.90. The molecule has 2 aromatic rings. The lowest BCUT2D eigenvalue weighted by Gasteiger charge is -2.44. The van der Waals surface area contributed by atoms with Gasteiger partial charge in [-0.15, -0.1) is 10.2 Å². The maximum Gasteiger partial charge on any atom is 0.410 e. The van der Waals surface area contributed by atoms with Crippen LogP contribution in [0.4, 0.5) is 9.59 Å². The fraction of sp³-hybridized carbons (Fsp3) is 0.600. The normalized spacial score (nSPS) is 21.7. The van der Waals surface area contributed by atoms with Gasteiger partial charge in [-0.25, -0.2) is 9.59 Å². The van der Waals surface area contributed by atoms with Crippen LogP contribution in [-0.4, -0.2) is 61.7 Å². The van der Waals surface area contributed by atoms with Crippen molar-refractivity contribution in [2.75, 3.05) is 13.1 Å². The molecule has 2 heterocycles. The first kappa shape index (κ1) is 25.0. The van der Waals surface area contributed by atoms with Crippen LogP contribution in [0.3, 0.4) is 0 Å². The number of benzene rings is 1. The summed E-state index contributed by atoms with van der Waals surface area (Å²) < 4.78 is 12.6. The van der Waals surface area contributed by atoms with Crippen LogP contribution in [0, 0.1) is 0 Å². The fourth-order valence-electron chi connectivity index (χ4n) is 4.80. The van der Waals surface area contributed by atoms with E-state index in [2.05, 4.69) is 15.5 Å². The standard InChI is InChI=1S/C25H35N5O5/c1-24(2,3)35-22(31)26-19-12-8-11-18(13-19)20-27-28-21(29(20)4)25(33)15-30(16-25)23(32)34-14-17-9-6-5-7-10-17/h5-7,9-10,18-19,33H,8,11-16H2,1-4H3,(H,26,31)/t18-,19+/m0/s1. The Morgan fingerprint density at radius 2 is 1.89 bits per heavy atom. The molecule has 2 atom stereocenters. The van der Waals surface area contributed by atoms with Gasteiger partial charge in [0.25, 0.3) is 0 Å². The first-order valence-electron chi connectivity index (χ1n) is 12.1. The molecule has 1 saturated heterocycles. The zero-order valence-electron chi connectivity index (χ0n) is 20.9. The van der Waals surface area contributed by atoms with E-state index >= 15 is 0 Å². The Kier molecular flexibility index (Phi) is 7.02. The van der Waals surface area contributed by atoms with E-state index in [0.717, 1.165) is 37.1 Å².